The molecule has 0 aromatic carbocycles. The Kier molecular flexibility index (Phi) is 4.44. The molecule has 0 aliphatic carbocycles. The van der Waals surface area contributed by atoms with Gasteiger partial charge in [0.05, 0.1) is 5.92 Å². The second-order valence-corrected chi connectivity index (χ2v) is 5.48. The number of nitrogens with zero attached hydrogens (tertiary/aromatic N) is 1. The molecule has 0 aliphatic heterocycles. The molecular formula is C9H11ClN2O4S. The van der Waals surface area contributed by atoms with Crippen LogP contribution < -0.4 is 4.72 Å². The van der Waals surface area contributed by atoms with Crippen LogP contribution in [0.1, 0.15) is 6.92 Å². The smallest absolute Gasteiger partial charge is 0.307 e. The molecule has 0 fully saturated rings. The first kappa shape index (κ1) is 13.9. The fraction of sp³-hybridized carbons (Fsp3) is 0.333. The van der Waals surface area contributed by atoms with E-state index < -0.39 is 21.9 Å². The number of halogens is 1. The van der Waals surface area contributed by atoms with Crippen LogP contribution in [0.2, 0.25) is 5.15 Å². The van der Waals surface area contributed by atoms with Gasteiger partial charge in [-0.1, -0.05) is 18.5 Å². The molecule has 6 nitrogen and oxygen atoms in total. The Morgan fingerprint density at radius 2 is 2.29 bits per heavy atom. The van der Waals surface area contributed by atoms with E-state index in [1.807, 2.05) is 0 Å². The number of carboxylic acids is 1. The maximum Gasteiger partial charge on any atom is 0.307 e. The minimum Gasteiger partial charge on any atom is -0.481 e. The van der Waals surface area contributed by atoms with E-state index in [1.165, 1.54) is 25.3 Å². The second kappa shape index (κ2) is 5.44. The summed E-state index contributed by atoms with van der Waals surface area (Å²) in [5.74, 6) is -1.90. The van der Waals surface area contributed by atoms with Gasteiger partial charge in [-0.05, 0) is 12.1 Å². The van der Waals surface area contributed by atoms with Gasteiger partial charge in [0.25, 0.3) is 0 Å². The van der Waals surface area contributed by atoms with Gasteiger partial charge in [0.1, 0.15) is 10.0 Å². The summed E-state index contributed by atoms with van der Waals surface area (Å²) < 4.78 is 25.7. The third-order valence-corrected chi connectivity index (χ3v) is 3.88. The monoisotopic (exact) mass is 278 g/mol. The number of sulfonamides is 1. The highest BCUT2D eigenvalue weighted by molar-refractivity contribution is 7.89. The van der Waals surface area contributed by atoms with E-state index in [4.69, 9.17) is 16.7 Å². The van der Waals surface area contributed by atoms with Crippen LogP contribution in [0.25, 0.3) is 0 Å². The van der Waals surface area contributed by atoms with Crippen LogP contribution in [-0.4, -0.2) is 31.0 Å². The number of pyridine rings is 1. The standard InChI is InChI=1S/C9H11ClN2O4S/c1-6(9(13)14)5-12-17(15,16)7-3-2-4-11-8(7)10/h2-4,6,12H,5H2,1H3,(H,13,14). The number of hydrogen-bond acceptors (Lipinski definition) is 4. The summed E-state index contributed by atoms with van der Waals surface area (Å²) in [6.07, 6.45) is 1.36. The van der Waals surface area contributed by atoms with Gasteiger partial charge >= 0.3 is 5.97 Å². The normalized spacial score (nSPS) is 13.3. The quantitative estimate of drug-likeness (QED) is 0.774. The summed E-state index contributed by atoms with van der Waals surface area (Å²) in [5.41, 5.74) is 0. The van der Waals surface area contributed by atoms with Crippen molar-refractivity contribution in [2.75, 3.05) is 6.54 Å². The number of carbonyl (C=O) groups is 1. The molecule has 0 bridgehead atoms. The highest BCUT2D eigenvalue weighted by atomic mass is 35.5. The van der Waals surface area contributed by atoms with Gasteiger partial charge in [0.15, 0.2) is 0 Å². The molecule has 1 heterocycles. The molecule has 1 unspecified atom stereocenters. The van der Waals surface area contributed by atoms with Crippen LogP contribution in [0.4, 0.5) is 0 Å². The molecule has 2 N–H and O–H groups in total. The number of hydrogen-bond donors (Lipinski definition) is 2. The van der Waals surface area contributed by atoms with Crippen LogP contribution in [0.15, 0.2) is 23.2 Å². The Balaban J connectivity index is 2.84. The van der Waals surface area contributed by atoms with Gasteiger partial charge in [-0.2, -0.15) is 0 Å². The highest BCUT2D eigenvalue weighted by Crippen LogP contribution is 2.17. The lowest BCUT2D eigenvalue weighted by molar-refractivity contribution is -0.140. The first-order chi connectivity index (χ1) is 7.84. The first-order valence-corrected chi connectivity index (χ1v) is 6.53. The van der Waals surface area contributed by atoms with Crippen molar-refractivity contribution in [3.05, 3.63) is 23.5 Å². The van der Waals surface area contributed by atoms with Crippen LogP contribution in [0.3, 0.4) is 0 Å². The third-order valence-electron chi connectivity index (χ3n) is 2.02. The number of aliphatic carboxylic acids is 1. The lowest BCUT2D eigenvalue weighted by Crippen LogP contribution is -2.31. The maximum atomic E-state index is 11.8. The minimum atomic E-state index is -3.83. The molecule has 1 aromatic heterocycles. The van der Waals surface area contributed by atoms with Crippen molar-refractivity contribution in [2.24, 2.45) is 5.92 Å². The van der Waals surface area contributed by atoms with Crippen molar-refractivity contribution < 1.29 is 18.3 Å². The molecule has 1 atom stereocenters. The molecule has 94 valence electrons. The SMILES string of the molecule is CC(CNS(=O)(=O)c1cccnc1Cl)C(=O)O. The number of rotatable bonds is 5. The number of aromatic nitrogens is 1. The van der Waals surface area contributed by atoms with Crippen LogP contribution in [-0.2, 0) is 14.8 Å². The van der Waals surface area contributed by atoms with Crippen LogP contribution in [0, 0.1) is 5.92 Å². The van der Waals surface area contributed by atoms with Gasteiger partial charge in [-0.25, -0.2) is 18.1 Å². The predicted molar refractivity (Wildman–Crippen MR) is 61.2 cm³/mol. The topological polar surface area (TPSA) is 96.4 Å². The summed E-state index contributed by atoms with van der Waals surface area (Å²) in [4.78, 5) is 14.0. The first-order valence-electron chi connectivity index (χ1n) is 4.67. The van der Waals surface area contributed by atoms with E-state index in [9.17, 15) is 13.2 Å². The van der Waals surface area contributed by atoms with E-state index in [-0.39, 0.29) is 16.6 Å². The summed E-state index contributed by atoms with van der Waals surface area (Å²) in [6, 6.07) is 2.73. The van der Waals surface area contributed by atoms with E-state index in [1.54, 1.807) is 0 Å². The fourth-order valence-corrected chi connectivity index (χ4v) is 2.55. The maximum absolute atomic E-state index is 11.8. The van der Waals surface area contributed by atoms with Crippen molar-refractivity contribution in [3.8, 4) is 0 Å². The Morgan fingerprint density at radius 3 is 2.82 bits per heavy atom. The molecule has 17 heavy (non-hydrogen) atoms. The molecule has 1 rings (SSSR count). The largest absolute Gasteiger partial charge is 0.481 e. The van der Waals surface area contributed by atoms with Crippen LogP contribution >= 0.6 is 11.6 Å². The number of nitrogens with one attached hydrogen (secondary N) is 1. The highest BCUT2D eigenvalue weighted by Gasteiger charge is 2.20. The summed E-state index contributed by atoms with van der Waals surface area (Å²) in [5, 5.41) is 8.48. The van der Waals surface area contributed by atoms with Crippen molar-refractivity contribution in [1.29, 1.82) is 0 Å². The average molecular weight is 279 g/mol. The van der Waals surface area contributed by atoms with Crippen molar-refractivity contribution in [3.63, 3.8) is 0 Å². The van der Waals surface area contributed by atoms with Crippen molar-refractivity contribution in [2.45, 2.75) is 11.8 Å². The molecule has 0 saturated carbocycles. The molecule has 1 aromatic rings. The molecule has 8 heteroatoms. The Hall–Kier alpha value is -1.18. The summed E-state index contributed by atoms with van der Waals surface area (Å²) in [7, 11) is -3.83. The predicted octanol–water partition coefficient (Wildman–Crippen LogP) is 0.734. The van der Waals surface area contributed by atoms with Gasteiger partial charge in [-0.15, -0.1) is 0 Å². The minimum absolute atomic E-state index is 0.150. The lowest BCUT2D eigenvalue weighted by Gasteiger charge is -2.09. The van der Waals surface area contributed by atoms with E-state index in [0.717, 1.165) is 0 Å². The Labute approximate surface area is 104 Å². The zero-order chi connectivity index (χ0) is 13.1. The Bertz CT molecular complexity index is 517. The van der Waals surface area contributed by atoms with E-state index >= 15 is 0 Å². The molecule has 0 aliphatic rings. The van der Waals surface area contributed by atoms with Gasteiger partial charge in [-0.3, -0.25) is 4.79 Å². The van der Waals surface area contributed by atoms with Crippen LogP contribution in [0.5, 0.6) is 0 Å². The fourth-order valence-electron chi connectivity index (χ4n) is 0.972. The Morgan fingerprint density at radius 1 is 1.65 bits per heavy atom. The van der Waals surface area contributed by atoms with Gasteiger partial charge < -0.3 is 5.11 Å². The molecule has 0 spiro atoms. The van der Waals surface area contributed by atoms with E-state index in [2.05, 4.69) is 9.71 Å². The van der Waals surface area contributed by atoms with Crippen molar-refractivity contribution >= 4 is 27.6 Å². The molecular weight excluding hydrogens is 268 g/mol. The zero-order valence-corrected chi connectivity index (χ0v) is 10.5. The van der Waals surface area contributed by atoms with Crippen molar-refractivity contribution in [1.82, 2.24) is 9.71 Å². The van der Waals surface area contributed by atoms with Gasteiger partial charge in [0, 0.05) is 12.7 Å². The van der Waals surface area contributed by atoms with E-state index in [0.29, 0.717) is 0 Å². The zero-order valence-electron chi connectivity index (χ0n) is 8.92. The second-order valence-electron chi connectivity index (χ2n) is 3.38. The summed E-state index contributed by atoms with van der Waals surface area (Å²) in [6.45, 7) is 1.19. The molecule has 0 saturated heterocycles. The third kappa shape index (κ3) is 3.65. The molecule has 0 radical (unpaired) electrons. The average Bonchev–Trinajstić information content (AvgIpc) is 2.26. The van der Waals surface area contributed by atoms with Gasteiger partial charge in [0.2, 0.25) is 10.0 Å². The number of carboxylic acid groups (broad SMARTS) is 1. The molecule has 0 amide bonds. The lowest BCUT2D eigenvalue weighted by atomic mass is 10.2. The summed E-state index contributed by atoms with van der Waals surface area (Å²) >= 11 is 5.64.